The molecule has 1 aliphatic heterocycles. The highest BCUT2D eigenvalue weighted by atomic mass is 16.6. The molecule has 0 fully saturated rings. The Labute approximate surface area is 70.5 Å². The fourth-order valence-corrected chi connectivity index (χ4v) is 1.15. The van der Waals surface area contributed by atoms with Crippen LogP contribution in [-0.4, -0.2) is 22.4 Å². The van der Waals surface area contributed by atoms with Gasteiger partial charge in [0.15, 0.2) is 5.82 Å². The van der Waals surface area contributed by atoms with Crippen molar-refractivity contribution in [3.8, 4) is 0 Å². The molecule has 0 spiro atoms. The maximum Gasteiger partial charge on any atom is 0.195 e. The van der Waals surface area contributed by atoms with Crippen molar-refractivity contribution in [1.82, 2.24) is 15.6 Å². The molecule has 66 valence electrons. The van der Waals surface area contributed by atoms with E-state index in [-0.39, 0.29) is 5.54 Å². The number of fused-ring (bicyclic) bond motifs is 1. The average molecular weight is 168 g/mol. The standard InChI is InChI=1S/C7H12N4O/c1-7(2)4-8-6-5(3-9-7)10-12-11-6/h9H,3-4H2,1-2H3,(H,8,11). The first kappa shape index (κ1) is 7.54. The summed E-state index contributed by atoms with van der Waals surface area (Å²) in [5.41, 5.74) is 0.927. The first-order valence-corrected chi connectivity index (χ1v) is 3.98. The van der Waals surface area contributed by atoms with Gasteiger partial charge in [-0.25, -0.2) is 4.63 Å². The first-order chi connectivity index (χ1) is 5.67. The normalized spacial score (nSPS) is 20.8. The van der Waals surface area contributed by atoms with Crippen LogP contribution in [0.1, 0.15) is 19.5 Å². The predicted molar refractivity (Wildman–Crippen MR) is 43.7 cm³/mol. The van der Waals surface area contributed by atoms with Gasteiger partial charge in [0.05, 0.1) is 0 Å². The van der Waals surface area contributed by atoms with Crippen LogP contribution in [0.4, 0.5) is 5.82 Å². The zero-order valence-electron chi connectivity index (χ0n) is 7.22. The Morgan fingerprint density at radius 3 is 3.08 bits per heavy atom. The molecule has 0 atom stereocenters. The second kappa shape index (κ2) is 2.45. The smallest absolute Gasteiger partial charge is 0.195 e. The molecular formula is C7H12N4O. The van der Waals surface area contributed by atoms with Gasteiger partial charge in [0.1, 0.15) is 5.69 Å². The Kier molecular flexibility index (Phi) is 1.54. The third-order valence-corrected chi connectivity index (χ3v) is 1.99. The predicted octanol–water partition coefficient (Wildman–Crippen LogP) is 0.363. The molecule has 1 aromatic heterocycles. The molecular weight excluding hydrogens is 156 g/mol. The molecule has 2 rings (SSSR count). The fourth-order valence-electron chi connectivity index (χ4n) is 1.15. The Bertz CT molecular complexity index is 256. The summed E-state index contributed by atoms with van der Waals surface area (Å²) in [5, 5.41) is 14.0. The van der Waals surface area contributed by atoms with E-state index in [9.17, 15) is 0 Å². The number of rotatable bonds is 0. The zero-order valence-corrected chi connectivity index (χ0v) is 7.22. The van der Waals surface area contributed by atoms with Crippen molar-refractivity contribution in [3.63, 3.8) is 0 Å². The van der Waals surface area contributed by atoms with Crippen LogP contribution >= 0.6 is 0 Å². The summed E-state index contributed by atoms with van der Waals surface area (Å²) in [5.74, 6) is 0.757. The maximum absolute atomic E-state index is 4.59. The summed E-state index contributed by atoms with van der Waals surface area (Å²) in [7, 11) is 0. The summed E-state index contributed by atoms with van der Waals surface area (Å²) >= 11 is 0. The number of nitrogens with one attached hydrogen (secondary N) is 2. The van der Waals surface area contributed by atoms with E-state index >= 15 is 0 Å². The first-order valence-electron chi connectivity index (χ1n) is 3.98. The molecule has 1 aromatic rings. The second-order valence-electron chi connectivity index (χ2n) is 3.65. The molecule has 5 heteroatoms. The van der Waals surface area contributed by atoms with E-state index in [2.05, 4.69) is 39.4 Å². The van der Waals surface area contributed by atoms with Gasteiger partial charge in [0.25, 0.3) is 0 Å². The molecule has 5 nitrogen and oxygen atoms in total. The Hall–Kier alpha value is -1.10. The highest BCUT2D eigenvalue weighted by molar-refractivity contribution is 5.39. The molecule has 12 heavy (non-hydrogen) atoms. The summed E-state index contributed by atoms with van der Waals surface area (Å²) in [6.07, 6.45) is 0. The van der Waals surface area contributed by atoms with Gasteiger partial charge >= 0.3 is 0 Å². The largest absolute Gasteiger partial charge is 0.364 e. The van der Waals surface area contributed by atoms with Crippen molar-refractivity contribution in [3.05, 3.63) is 5.69 Å². The van der Waals surface area contributed by atoms with E-state index in [0.29, 0.717) is 6.54 Å². The quantitative estimate of drug-likeness (QED) is 0.585. The Morgan fingerprint density at radius 2 is 2.25 bits per heavy atom. The summed E-state index contributed by atoms with van der Waals surface area (Å²) in [6, 6.07) is 0. The highest BCUT2D eigenvalue weighted by Gasteiger charge is 2.23. The second-order valence-corrected chi connectivity index (χ2v) is 3.65. The van der Waals surface area contributed by atoms with Gasteiger partial charge in [-0.15, -0.1) is 0 Å². The van der Waals surface area contributed by atoms with Crippen molar-refractivity contribution in [2.24, 2.45) is 0 Å². The fraction of sp³-hybridized carbons (Fsp3) is 0.714. The Morgan fingerprint density at radius 1 is 1.42 bits per heavy atom. The van der Waals surface area contributed by atoms with Crippen LogP contribution in [0, 0.1) is 0 Å². The monoisotopic (exact) mass is 168 g/mol. The minimum atomic E-state index is 0.0788. The molecule has 0 aliphatic carbocycles. The third-order valence-electron chi connectivity index (χ3n) is 1.99. The van der Waals surface area contributed by atoms with Gasteiger partial charge in [-0.3, -0.25) is 0 Å². The number of hydrogen-bond acceptors (Lipinski definition) is 5. The SMILES string of the molecule is CC1(C)CNc2nonc2CN1. The van der Waals surface area contributed by atoms with E-state index in [1.54, 1.807) is 0 Å². The summed E-state index contributed by atoms with van der Waals surface area (Å²) in [4.78, 5) is 0. The van der Waals surface area contributed by atoms with Gasteiger partial charge < -0.3 is 10.6 Å². The van der Waals surface area contributed by atoms with Crippen molar-refractivity contribution >= 4 is 5.82 Å². The van der Waals surface area contributed by atoms with Gasteiger partial charge in [0.2, 0.25) is 0 Å². The molecule has 0 saturated heterocycles. The van der Waals surface area contributed by atoms with Crippen molar-refractivity contribution in [2.75, 3.05) is 11.9 Å². The van der Waals surface area contributed by atoms with E-state index in [1.165, 1.54) is 0 Å². The van der Waals surface area contributed by atoms with Gasteiger partial charge in [-0.2, -0.15) is 0 Å². The van der Waals surface area contributed by atoms with Crippen LogP contribution in [0.15, 0.2) is 4.63 Å². The average Bonchev–Trinajstić information content (AvgIpc) is 2.40. The number of anilines is 1. The number of aromatic nitrogens is 2. The van der Waals surface area contributed by atoms with Crippen LogP contribution in [0.5, 0.6) is 0 Å². The van der Waals surface area contributed by atoms with Gasteiger partial charge in [-0.1, -0.05) is 5.16 Å². The minimum Gasteiger partial charge on any atom is -0.364 e. The lowest BCUT2D eigenvalue weighted by molar-refractivity contribution is 0.298. The summed E-state index contributed by atoms with van der Waals surface area (Å²) < 4.78 is 4.59. The van der Waals surface area contributed by atoms with Crippen molar-refractivity contribution in [2.45, 2.75) is 25.9 Å². The molecule has 0 bridgehead atoms. The van der Waals surface area contributed by atoms with E-state index in [4.69, 9.17) is 0 Å². The Balaban J connectivity index is 2.21. The molecule has 0 amide bonds. The van der Waals surface area contributed by atoms with Gasteiger partial charge in [-0.05, 0) is 19.0 Å². The van der Waals surface area contributed by atoms with E-state index in [0.717, 1.165) is 18.1 Å². The zero-order chi connectivity index (χ0) is 8.60. The van der Waals surface area contributed by atoms with Crippen molar-refractivity contribution < 1.29 is 4.63 Å². The topological polar surface area (TPSA) is 63.0 Å². The molecule has 2 N–H and O–H groups in total. The molecule has 0 saturated carbocycles. The van der Waals surface area contributed by atoms with Crippen LogP contribution in [0.3, 0.4) is 0 Å². The molecule has 0 unspecified atom stereocenters. The van der Waals surface area contributed by atoms with Gasteiger partial charge in [0, 0.05) is 18.6 Å². The molecule has 2 heterocycles. The highest BCUT2D eigenvalue weighted by Crippen LogP contribution is 2.16. The van der Waals surface area contributed by atoms with Crippen LogP contribution in [-0.2, 0) is 6.54 Å². The van der Waals surface area contributed by atoms with Crippen LogP contribution < -0.4 is 10.6 Å². The maximum atomic E-state index is 4.59. The van der Waals surface area contributed by atoms with Crippen LogP contribution in [0.2, 0.25) is 0 Å². The lowest BCUT2D eigenvalue weighted by atomic mass is 10.1. The third kappa shape index (κ3) is 1.27. The van der Waals surface area contributed by atoms with E-state index in [1.807, 2.05) is 0 Å². The number of nitrogens with zero attached hydrogens (tertiary/aromatic N) is 2. The summed E-state index contributed by atoms with van der Waals surface area (Å²) in [6.45, 7) is 5.79. The lowest BCUT2D eigenvalue weighted by Gasteiger charge is -2.23. The lowest BCUT2D eigenvalue weighted by Crippen LogP contribution is -2.42. The van der Waals surface area contributed by atoms with Crippen molar-refractivity contribution in [1.29, 1.82) is 0 Å². The molecule has 0 radical (unpaired) electrons. The number of hydrogen-bond donors (Lipinski definition) is 2. The molecule has 0 aromatic carbocycles. The minimum absolute atomic E-state index is 0.0788. The van der Waals surface area contributed by atoms with Crippen LogP contribution in [0.25, 0.3) is 0 Å². The van der Waals surface area contributed by atoms with E-state index < -0.39 is 0 Å². The molecule has 1 aliphatic rings.